The van der Waals surface area contributed by atoms with Crippen LogP contribution in [0.5, 0.6) is 0 Å². The van der Waals surface area contributed by atoms with Gasteiger partial charge in [-0.2, -0.15) is 13.2 Å². The SMILES string of the molecule is CN(CC1CCOCC1)C(=O)Nc1ccccc1C(F)(F)F. The van der Waals surface area contributed by atoms with Crippen molar-refractivity contribution in [1.29, 1.82) is 0 Å². The van der Waals surface area contributed by atoms with Gasteiger partial charge in [-0.15, -0.1) is 0 Å². The van der Waals surface area contributed by atoms with Crippen molar-refractivity contribution in [2.45, 2.75) is 19.0 Å². The molecule has 22 heavy (non-hydrogen) atoms. The molecule has 1 aromatic carbocycles. The normalized spacial score (nSPS) is 16.4. The molecule has 0 unspecified atom stereocenters. The van der Waals surface area contributed by atoms with Gasteiger partial charge in [0, 0.05) is 26.8 Å². The van der Waals surface area contributed by atoms with Crippen molar-refractivity contribution >= 4 is 11.7 Å². The van der Waals surface area contributed by atoms with Crippen LogP contribution in [0.25, 0.3) is 0 Å². The maximum atomic E-state index is 12.9. The number of halogens is 3. The number of benzene rings is 1. The lowest BCUT2D eigenvalue weighted by atomic mass is 10.00. The Balaban J connectivity index is 1.99. The van der Waals surface area contributed by atoms with E-state index in [4.69, 9.17) is 4.74 Å². The Hall–Kier alpha value is -1.76. The van der Waals surface area contributed by atoms with Gasteiger partial charge < -0.3 is 15.0 Å². The number of carbonyl (C=O) groups is 1. The second-order valence-corrected chi connectivity index (χ2v) is 5.41. The van der Waals surface area contributed by atoms with Crippen LogP contribution in [0.4, 0.5) is 23.7 Å². The minimum atomic E-state index is -4.50. The first kappa shape index (κ1) is 16.6. The van der Waals surface area contributed by atoms with E-state index in [-0.39, 0.29) is 5.69 Å². The number of hydrogen-bond donors (Lipinski definition) is 1. The van der Waals surface area contributed by atoms with Gasteiger partial charge in [0.1, 0.15) is 0 Å². The van der Waals surface area contributed by atoms with Crippen LogP contribution in [-0.2, 0) is 10.9 Å². The van der Waals surface area contributed by atoms with Gasteiger partial charge in [-0.25, -0.2) is 4.79 Å². The number of para-hydroxylation sites is 1. The maximum absolute atomic E-state index is 12.9. The highest BCUT2D eigenvalue weighted by Crippen LogP contribution is 2.34. The zero-order valence-corrected chi connectivity index (χ0v) is 12.3. The number of nitrogens with one attached hydrogen (secondary N) is 1. The van der Waals surface area contributed by atoms with E-state index in [0.29, 0.717) is 25.7 Å². The summed E-state index contributed by atoms with van der Waals surface area (Å²) in [5.41, 5.74) is -1.07. The van der Waals surface area contributed by atoms with Crippen molar-refractivity contribution in [2.24, 2.45) is 5.92 Å². The van der Waals surface area contributed by atoms with Gasteiger partial charge >= 0.3 is 12.2 Å². The van der Waals surface area contributed by atoms with Crippen molar-refractivity contribution in [3.63, 3.8) is 0 Å². The van der Waals surface area contributed by atoms with Gasteiger partial charge in [-0.05, 0) is 30.9 Å². The third-order valence-corrected chi connectivity index (χ3v) is 3.69. The standard InChI is InChI=1S/C15H19F3N2O2/c1-20(10-11-6-8-22-9-7-11)14(21)19-13-5-3-2-4-12(13)15(16,17)18/h2-5,11H,6-10H2,1H3,(H,19,21). The monoisotopic (exact) mass is 316 g/mol. The molecule has 1 saturated heterocycles. The van der Waals surface area contributed by atoms with Gasteiger partial charge in [0.2, 0.25) is 0 Å². The summed E-state index contributed by atoms with van der Waals surface area (Å²) in [4.78, 5) is 13.5. The fourth-order valence-electron chi connectivity index (χ4n) is 2.45. The summed E-state index contributed by atoms with van der Waals surface area (Å²) in [5, 5.41) is 2.34. The van der Waals surface area contributed by atoms with Gasteiger partial charge in [0.25, 0.3) is 0 Å². The third-order valence-electron chi connectivity index (χ3n) is 3.69. The molecule has 0 atom stereocenters. The molecule has 1 N–H and O–H groups in total. The van der Waals surface area contributed by atoms with Gasteiger partial charge in [-0.3, -0.25) is 0 Å². The van der Waals surface area contributed by atoms with E-state index in [0.717, 1.165) is 18.9 Å². The largest absolute Gasteiger partial charge is 0.418 e. The molecule has 0 aromatic heterocycles. The first-order chi connectivity index (χ1) is 10.4. The highest BCUT2D eigenvalue weighted by atomic mass is 19.4. The number of carbonyl (C=O) groups excluding carboxylic acids is 1. The molecule has 0 spiro atoms. The van der Waals surface area contributed by atoms with E-state index in [1.54, 1.807) is 7.05 Å². The zero-order valence-electron chi connectivity index (χ0n) is 12.3. The minimum absolute atomic E-state index is 0.223. The highest BCUT2D eigenvalue weighted by Gasteiger charge is 2.33. The van der Waals surface area contributed by atoms with Crippen LogP contribution < -0.4 is 5.32 Å². The number of ether oxygens (including phenoxy) is 1. The molecule has 2 rings (SSSR count). The summed E-state index contributed by atoms with van der Waals surface area (Å²) in [6, 6.07) is 4.42. The molecular formula is C15H19F3N2O2. The van der Waals surface area contributed by atoms with E-state index >= 15 is 0 Å². The minimum Gasteiger partial charge on any atom is -0.381 e. The fourth-order valence-corrected chi connectivity index (χ4v) is 2.45. The van der Waals surface area contributed by atoms with E-state index < -0.39 is 17.8 Å². The quantitative estimate of drug-likeness (QED) is 0.926. The van der Waals surface area contributed by atoms with Crippen molar-refractivity contribution in [3.8, 4) is 0 Å². The van der Waals surface area contributed by atoms with E-state index in [2.05, 4.69) is 5.32 Å². The lowest BCUT2D eigenvalue weighted by Crippen LogP contribution is -2.37. The number of rotatable bonds is 3. The van der Waals surface area contributed by atoms with Crippen molar-refractivity contribution in [2.75, 3.05) is 32.1 Å². The summed E-state index contributed by atoms with van der Waals surface area (Å²) in [7, 11) is 1.58. The van der Waals surface area contributed by atoms with Crippen LogP contribution in [0.2, 0.25) is 0 Å². The van der Waals surface area contributed by atoms with Crippen molar-refractivity contribution < 1.29 is 22.7 Å². The molecule has 2 amide bonds. The molecular weight excluding hydrogens is 297 g/mol. The average Bonchev–Trinajstić information content (AvgIpc) is 2.47. The van der Waals surface area contributed by atoms with Crippen LogP contribution in [-0.4, -0.2) is 37.7 Å². The predicted octanol–water partition coefficient (Wildman–Crippen LogP) is 3.60. The number of hydrogen-bond acceptors (Lipinski definition) is 2. The Morgan fingerprint density at radius 2 is 1.95 bits per heavy atom. The predicted molar refractivity (Wildman–Crippen MR) is 76.6 cm³/mol. The topological polar surface area (TPSA) is 41.6 Å². The highest BCUT2D eigenvalue weighted by molar-refractivity contribution is 5.90. The zero-order chi connectivity index (χ0) is 16.2. The van der Waals surface area contributed by atoms with Gasteiger partial charge in [-0.1, -0.05) is 12.1 Å². The Kier molecular flexibility index (Phi) is 5.28. The van der Waals surface area contributed by atoms with E-state index in [9.17, 15) is 18.0 Å². The number of alkyl halides is 3. The molecule has 1 aliphatic heterocycles. The molecule has 4 nitrogen and oxygen atoms in total. The molecule has 1 aliphatic rings. The van der Waals surface area contributed by atoms with E-state index in [1.807, 2.05) is 0 Å². The van der Waals surface area contributed by atoms with Gasteiger partial charge in [0.15, 0.2) is 0 Å². The smallest absolute Gasteiger partial charge is 0.381 e. The summed E-state index contributed by atoms with van der Waals surface area (Å²) in [6.45, 7) is 1.83. The van der Waals surface area contributed by atoms with Crippen LogP contribution >= 0.6 is 0 Å². The molecule has 1 fully saturated rings. The Morgan fingerprint density at radius 3 is 2.59 bits per heavy atom. The molecule has 1 heterocycles. The molecule has 0 radical (unpaired) electrons. The molecule has 0 saturated carbocycles. The fraction of sp³-hybridized carbons (Fsp3) is 0.533. The lowest BCUT2D eigenvalue weighted by molar-refractivity contribution is -0.136. The summed E-state index contributed by atoms with van der Waals surface area (Å²) < 4.78 is 43.9. The number of urea groups is 1. The molecule has 1 aromatic rings. The molecule has 0 aliphatic carbocycles. The summed E-state index contributed by atoms with van der Waals surface area (Å²) in [5.74, 6) is 0.322. The number of nitrogens with zero attached hydrogens (tertiary/aromatic N) is 1. The summed E-state index contributed by atoms with van der Waals surface area (Å²) in [6.07, 6.45) is -2.78. The first-order valence-electron chi connectivity index (χ1n) is 7.14. The first-order valence-corrected chi connectivity index (χ1v) is 7.14. The van der Waals surface area contributed by atoms with Crippen LogP contribution in [0.15, 0.2) is 24.3 Å². The summed E-state index contributed by atoms with van der Waals surface area (Å²) >= 11 is 0. The second-order valence-electron chi connectivity index (χ2n) is 5.41. The van der Waals surface area contributed by atoms with E-state index in [1.165, 1.54) is 23.1 Å². The van der Waals surface area contributed by atoms with Crippen LogP contribution in [0, 0.1) is 5.92 Å². The molecule has 7 heteroatoms. The van der Waals surface area contributed by atoms with Crippen LogP contribution in [0.1, 0.15) is 18.4 Å². The third kappa shape index (κ3) is 4.37. The molecule has 0 bridgehead atoms. The average molecular weight is 316 g/mol. The second kappa shape index (κ2) is 7.00. The van der Waals surface area contributed by atoms with Crippen LogP contribution in [0.3, 0.4) is 0 Å². The van der Waals surface area contributed by atoms with Crippen molar-refractivity contribution in [1.82, 2.24) is 4.90 Å². The van der Waals surface area contributed by atoms with Gasteiger partial charge in [0.05, 0.1) is 11.3 Å². The molecule has 122 valence electrons. The number of amides is 2. The number of anilines is 1. The Labute approximate surface area is 127 Å². The van der Waals surface area contributed by atoms with Crippen molar-refractivity contribution in [3.05, 3.63) is 29.8 Å². The Bertz CT molecular complexity index is 514. The maximum Gasteiger partial charge on any atom is 0.418 e. The Morgan fingerprint density at radius 1 is 1.32 bits per heavy atom. The lowest BCUT2D eigenvalue weighted by Gasteiger charge is -2.27.